The minimum atomic E-state index is -0.631. The van der Waals surface area contributed by atoms with Gasteiger partial charge in [-0.2, -0.15) is 4.98 Å². The van der Waals surface area contributed by atoms with Gasteiger partial charge >= 0.3 is 0 Å². The number of nitrogens with zero attached hydrogens (tertiary/aromatic N) is 3. The number of carbonyl (C=O) groups excluding carboxylic acids is 1. The van der Waals surface area contributed by atoms with Crippen molar-refractivity contribution in [2.75, 3.05) is 10.6 Å². The molecule has 4 aromatic carbocycles. The molecular weight excluding hydrogens is 682 g/mol. The number of benzene rings is 4. The standard InChI is InChI=1S/C36H33BrClN5O2S/c1-21-13-15-30(23(3)17-21)40-34(44)32-24(4)39-35-41-36(46-20-26-11-7-8-12-29(26)38)42-43(35)33(32)28-18-27(37)14-16-31(28)45-19-25-10-6-5-9-22(25)2/h5-18,33H,19-20H2,1-4H3,(H,40,44)(H,39,41,42). The zero-order valence-electron chi connectivity index (χ0n) is 25.9. The fraction of sp³-hybridized carbons (Fsp3) is 0.194. The average molecular weight is 715 g/mol. The minimum Gasteiger partial charge on any atom is -0.489 e. The van der Waals surface area contributed by atoms with Crippen molar-refractivity contribution in [1.82, 2.24) is 14.8 Å². The van der Waals surface area contributed by atoms with E-state index in [0.29, 0.717) is 45.5 Å². The van der Waals surface area contributed by atoms with E-state index in [1.165, 1.54) is 11.8 Å². The summed E-state index contributed by atoms with van der Waals surface area (Å²) in [5.41, 5.74) is 8.06. The molecule has 5 aromatic rings. The SMILES string of the molecule is CC1=C(C(=O)Nc2ccc(C)cc2C)C(c2cc(Br)ccc2OCc2ccccc2C)n2nc(SCc3ccccc3Cl)nc2N1. The van der Waals surface area contributed by atoms with Crippen molar-refractivity contribution in [2.45, 2.75) is 51.3 Å². The number of halogens is 2. The Hall–Kier alpha value is -4.05. The van der Waals surface area contributed by atoms with E-state index in [9.17, 15) is 4.79 Å². The molecule has 1 unspecified atom stereocenters. The number of thioether (sulfide) groups is 1. The molecule has 0 spiro atoms. The van der Waals surface area contributed by atoms with Gasteiger partial charge in [0.1, 0.15) is 18.4 Å². The number of aromatic nitrogens is 3. The second-order valence-corrected chi connectivity index (χ2v) is 13.5. The summed E-state index contributed by atoms with van der Waals surface area (Å²) in [6.45, 7) is 8.36. The third kappa shape index (κ3) is 6.87. The average Bonchev–Trinajstić information content (AvgIpc) is 3.43. The van der Waals surface area contributed by atoms with Crippen molar-refractivity contribution in [1.29, 1.82) is 0 Å². The van der Waals surface area contributed by atoms with Gasteiger partial charge < -0.3 is 15.4 Å². The summed E-state index contributed by atoms with van der Waals surface area (Å²) in [5, 5.41) is 12.7. The smallest absolute Gasteiger partial charge is 0.255 e. The molecule has 0 saturated carbocycles. The largest absolute Gasteiger partial charge is 0.489 e. The summed E-state index contributed by atoms with van der Waals surface area (Å²) in [5.74, 6) is 1.55. The molecule has 0 fully saturated rings. The molecule has 1 aromatic heterocycles. The second-order valence-electron chi connectivity index (χ2n) is 11.3. The Labute approximate surface area is 286 Å². The molecular formula is C36H33BrClN5O2S. The first-order valence-electron chi connectivity index (χ1n) is 14.8. The lowest BCUT2D eigenvalue weighted by atomic mass is 9.94. The van der Waals surface area contributed by atoms with Crippen LogP contribution in [0.25, 0.3) is 0 Å². The Kier molecular flexibility index (Phi) is 9.54. The van der Waals surface area contributed by atoms with Gasteiger partial charge in [0.25, 0.3) is 5.91 Å². The topological polar surface area (TPSA) is 81.1 Å². The monoisotopic (exact) mass is 713 g/mol. The van der Waals surface area contributed by atoms with E-state index in [-0.39, 0.29) is 5.91 Å². The van der Waals surface area contributed by atoms with Crippen molar-refractivity contribution in [3.63, 3.8) is 0 Å². The Morgan fingerprint density at radius 2 is 1.74 bits per heavy atom. The second kappa shape index (κ2) is 13.7. The maximum Gasteiger partial charge on any atom is 0.255 e. The van der Waals surface area contributed by atoms with Gasteiger partial charge in [0.15, 0.2) is 0 Å². The molecule has 1 aliphatic rings. The van der Waals surface area contributed by atoms with Gasteiger partial charge in [-0.05, 0) is 80.3 Å². The van der Waals surface area contributed by atoms with Gasteiger partial charge in [-0.1, -0.05) is 99.5 Å². The Balaban J connectivity index is 1.41. The van der Waals surface area contributed by atoms with Crippen LogP contribution in [0.4, 0.5) is 11.6 Å². The molecule has 0 aliphatic carbocycles. The van der Waals surface area contributed by atoms with E-state index in [1.54, 1.807) is 4.68 Å². The highest BCUT2D eigenvalue weighted by Gasteiger charge is 2.36. The number of aryl methyl sites for hydroxylation is 3. The van der Waals surface area contributed by atoms with E-state index in [0.717, 1.165) is 43.5 Å². The lowest BCUT2D eigenvalue weighted by Crippen LogP contribution is -2.32. The number of allylic oxidation sites excluding steroid dienone is 1. The summed E-state index contributed by atoms with van der Waals surface area (Å²) < 4.78 is 9.12. The van der Waals surface area contributed by atoms with Crippen molar-refractivity contribution in [3.8, 4) is 5.75 Å². The van der Waals surface area contributed by atoms with Crippen LogP contribution in [0.15, 0.2) is 106 Å². The third-order valence-electron chi connectivity index (χ3n) is 7.93. The van der Waals surface area contributed by atoms with E-state index >= 15 is 0 Å². The van der Waals surface area contributed by atoms with Gasteiger partial charge in [0.2, 0.25) is 11.1 Å². The Bertz CT molecular complexity index is 1970. The lowest BCUT2D eigenvalue weighted by molar-refractivity contribution is -0.113. The van der Waals surface area contributed by atoms with Crippen molar-refractivity contribution >= 4 is 56.8 Å². The van der Waals surface area contributed by atoms with E-state index in [4.69, 9.17) is 26.4 Å². The number of ether oxygens (including phenoxy) is 1. The van der Waals surface area contributed by atoms with Crippen LogP contribution < -0.4 is 15.4 Å². The molecule has 0 saturated heterocycles. The number of rotatable bonds is 9. The molecule has 10 heteroatoms. The number of amides is 1. The van der Waals surface area contributed by atoms with Crippen LogP contribution in [-0.4, -0.2) is 20.7 Å². The Morgan fingerprint density at radius 3 is 2.50 bits per heavy atom. The number of anilines is 2. The maximum atomic E-state index is 14.2. The van der Waals surface area contributed by atoms with Crippen LogP contribution in [0.2, 0.25) is 5.02 Å². The van der Waals surface area contributed by atoms with Crippen molar-refractivity contribution < 1.29 is 9.53 Å². The molecule has 1 aliphatic heterocycles. The lowest BCUT2D eigenvalue weighted by Gasteiger charge is -2.30. The predicted molar refractivity (Wildman–Crippen MR) is 190 cm³/mol. The number of hydrogen-bond acceptors (Lipinski definition) is 6. The van der Waals surface area contributed by atoms with Crippen LogP contribution in [-0.2, 0) is 17.2 Å². The first kappa shape index (κ1) is 31.9. The Morgan fingerprint density at radius 1 is 0.978 bits per heavy atom. The number of carbonyl (C=O) groups is 1. The molecule has 234 valence electrons. The first-order chi connectivity index (χ1) is 22.2. The van der Waals surface area contributed by atoms with Gasteiger partial charge in [-0.25, -0.2) is 4.68 Å². The third-order valence-corrected chi connectivity index (χ3v) is 9.68. The molecule has 2 N–H and O–H groups in total. The van der Waals surface area contributed by atoms with E-state index in [1.807, 2.05) is 87.5 Å². The zero-order chi connectivity index (χ0) is 32.4. The highest BCUT2D eigenvalue weighted by Crippen LogP contribution is 2.42. The van der Waals surface area contributed by atoms with Crippen LogP contribution in [0, 0.1) is 20.8 Å². The summed E-state index contributed by atoms with van der Waals surface area (Å²) in [7, 11) is 0. The van der Waals surface area contributed by atoms with Crippen molar-refractivity contribution in [3.05, 3.63) is 139 Å². The number of hydrogen-bond donors (Lipinski definition) is 2. The highest BCUT2D eigenvalue weighted by atomic mass is 79.9. The zero-order valence-corrected chi connectivity index (χ0v) is 29.1. The summed E-state index contributed by atoms with van der Waals surface area (Å²) >= 11 is 11.6. The number of nitrogens with one attached hydrogen (secondary N) is 2. The van der Waals surface area contributed by atoms with Crippen LogP contribution in [0.3, 0.4) is 0 Å². The fourth-order valence-corrected chi connectivity index (χ4v) is 6.96. The van der Waals surface area contributed by atoms with Crippen LogP contribution in [0.1, 0.15) is 46.3 Å². The fourth-order valence-electron chi connectivity index (χ4n) is 5.47. The molecule has 0 radical (unpaired) electrons. The van der Waals surface area contributed by atoms with Crippen molar-refractivity contribution in [2.24, 2.45) is 0 Å². The van der Waals surface area contributed by atoms with Crippen LogP contribution >= 0.6 is 39.3 Å². The molecule has 0 bridgehead atoms. The van der Waals surface area contributed by atoms with E-state index in [2.05, 4.69) is 51.7 Å². The van der Waals surface area contributed by atoms with E-state index < -0.39 is 6.04 Å². The van der Waals surface area contributed by atoms with Gasteiger partial charge in [-0.3, -0.25) is 4.79 Å². The summed E-state index contributed by atoms with van der Waals surface area (Å²) in [6, 6.07) is 27.1. The van der Waals surface area contributed by atoms with Gasteiger partial charge in [0.05, 0.1) is 5.57 Å². The molecule has 1 atom stereocenters. The normalized spacial score (nSPS) is 14.1. The number of fused-ring (bicyclic) bond motifs is 1. The quantitative estimate of drug-likeness (QED) is 0.148. The molecule has 6 rings (SSSR count). The summed E-state index contributed by atoms with van der Waals surface area (Å²) in [4.78, 5) is 19.1. The van der Waals surface area contributed by atoms with Gasteiger partial charge in [-0.15, -0.1) is 5.10 Å². The molecule has 46 heavy (non-hydrogen) atoms. The molecule has 1 amide bonds. The van der Waals surface area contributed by atoms with Crippen LogP contribution in [0.5, 0.6) is 5.75 Å². The molecule has 2 heterocycles. The predicted octanol–water partition coefficient (Wildman–Crippen LogP) is 9.42. The summed E-state index contributed by atoms with van der Waals surface area (Å²) in [6.07, 6.45) is 0. The minimum absolute atomic E-state index is 0.238. The first-order valence-corrected chi connectivity index (χ1v) is 17.0. The maximum absolute atomic E-state index is 14.2. The highest BCUT2D eigenvalue weighted by molar-refractivity contribution is 9.10. The van der Waals surface area contributed by atoms with Gasteiger partial charge in [0, 0.05) is 32.2 Å². The molecule has 7 nitrogen and oxygen atoms in total.